The highest BCUT2D eigenvalue weighted by atomic mass is 127. The monoisotopic (exact) mass is 752 g/mol. The topological polar surface area (TPSA) is 76.7 Å². The van der Waals surface area contributed by atoms with E-state index in [-0.39, 0.29) is 65.2 Å². The van der Waals surface area contributed by atoms with Crippen molar-refractivity contribution in [1.29, 1.82) is 0 Å². The van der Waals surface area contributed by atoms with Gasteiger partial charge >= 0.3 is 0 Å². The van der Waals surface area contributed by atoms with Gasteiger partial charge in [-0.15, -0.1) is 0 Å². The van der Waals surface area contributed by atoms with Gasteiger partial charge in [0.2, 0.25) is 5.91 Å². The van der Waals surface area contributed by atoms with Gasteiger partial charge in [-0.1, -0.05) is 133 Å². The Morgan fingerprint density at radius 1 is 1.04 bits per heavy atom. The number of likely N-dealkylation sites (tertiary alicyclic amines) is 1. The maximum absolute atomic E-state index is 13.3. The van der Waals surface area contributed by atoms with Gasteiger partial charge in [0.25, 0.3) is 0 Å². The molecule has 0 radical (unpaired) electrons. The third-order valence-corrected chi connectivity index (χ3v) is 15.9. The molecular weight excluding hydrogens is 683 g/mol. The number of carbonyl (C=O) groups is 1. The number of hydrogen-bond donors (Lipinski definition) is 1. The molecule has 0 aromatic carbocycles. The van der Waals surface area contributed by atoms with Crippen LogP contribution in [0.15, 0.2) is 18.7 Å². The molecule has 1 saturated carbocycles. The van der Waals surface area contributed by atoms with Gasteiger partial charge in [-0.25, -0.2) is 4.98 Å². The predicted molar refractivity (Wildman–Crippen MR) is 200 cm³/mol. The summed E-state index contributed by atoms with van der Waals surface area (Å²) in [4.78, 5) is 20.0. The molecule has 2 saturated heterocycles. The Morgan fingerprint density at radius 2 is 1.63 bits per heavy atom. The van der Waals surface area contributed by atoms with Gasteiger partial charge in [0.05, 0.1) is 11.9 Å². The van der Waals surface area contributed by atoms with Crippen molar-refractivity contribution in [3.63, 3.8) is 0 Å². The Kier molecular flexibility index (Phi) is 9.70. The summed E-state index contributed by atoms with van der Waals surface area (Å²) in [6.07, 6.45) is 12.9. The SMILES string of the molecule is CCC(C)(C)C1(C)CC1(CC(C)(C)C(C)(C)C(C)(CC(C)(C)C(C)(C)C(CC(C)(C)I)N1CCCC1=O)C1OC1N)n1ccnc1. The maximum Gasteiger partial charge on any atom is 0.222 e. The Balaban J connectivity index is 1.75. The highest BCUT2D eigenvalue weighted by molar-refractivity contribution is 14.1. The third kappa shape index (κ3) is 6.04. The van der Waals surface area contributed by atoms with Gasteiger partial charge < -0.3 is 19.9 Å². The van der Waals surface area contributed by atoms with Gasteiger partial charge in [0.15, 0.2) is 0 Å². The molecule has 0 spiro atoms. The second-order valence-corrected chi connectivity index (χ2v) is 22.7. The number of halogens is 1. The number of nitrogens with two attached hydrogens (primary N) is 1. The van der Waals surface area contributed by atoms with E-state index >= 15 is 0 Å². The summed E-state index contributed by atoms with van der Waals surface area (Å²) < 4.78 is 8.83. The highest BCUT2D eigenvalue weighted by Gasteiger charge is 2.73. The van der Waals surface area contributed by atoms with Crippen molar-refractivity contribution in [1.82, 2.24) is 14.5 Å². The first kappa shape index (κ1) is 38.1. The van der Waals surface area contributed by atoms with E-state index in [4.69, 9.17) is 10.5 Å². The fourth-order valence-electron chi connectivity index (χ4n) is 9.89. The number of nitrogens with zero attached hydrogens (tertiary/aromatic N) is 3. The fourth-order valence-corrected chi connectivity index (χ4v) is 10.3. The first-order chi connectivity index (χ1) is 20.7. The van der Waals surface area contributed by atoms with E-state index in [9.17, 15) is 4.79 Å². The minimum absolute atomic E-state index is 0.000911. The summed E-state index contributed by atoms with van der Waals surface area (Å²) in [5.74, 6) is 0.318. The van der Waals surface area contributed by atoms with Gasteiger partial charge in [-0.05, 0) is 64.6 Å². The number of alkyl halides is 1. The van der Waals surface area contributed by atoms with Crippen molar-refractivity contribution >= 4 is 28.5 Å². The molecule has 0 bridgehead atoms. The Morgan fingerprint density at radius 3 is 2.07 bits per heavy atom. The van der Waals surface area contributed by atoms with Crippen LogP contribution in [0.1, 0.15) is 149 Å². The van der Waals surface area contributed by atoms with Gasteiger partial charge in [-0.3, -0.25) is 4.79 Å². The van der Waals surface area contributed by atoms with Gasteiger partial charge in [0, 0.05) is 40.2 Å². The van der Waals surface area contributed by atoms with Crippen LogP contribution >= 0.6 is 22.6 Å². The number of imidazole rings is 1. The summed E-state index contributed by atoms with van der Waals surface area (Å²) in [7, 11) is 0. The number of rotatable bonds is 15. The molecule has 6 atom stereocenters. The van der Waals surface area contributed by atoms with E-state index in [1.807, 2.05) is 6.20 Å². The summed E-state index contributed by atoms with van der Waals surface area (Å²) in [6.45, 7) is 37.4. The molecule has 1 amide bonds. The number of epoxide rings is 1. The lowest BCUT2D eigenvalue weighted by atomic mass is 9.45. The van der Waals surface area contributed by atoms with Crippen LogP contribution < -0.4 is 5.73 Å². The minimum Gasteiger partial charge on any atom is -0.353 e. The highest BCUT2D eigenvalue weighted by Crippen LogP contribution is 2.76. The molecule has 1 aromatic heterocycles. The van der Waals surface area contributed by atoms with Crippen molar-refractivity contribution in [3.8, 4) is 0 Å². The van der Waals surface area contributed by atoms with Gasteiger partial charge in [0.1, 0.15) is 12.3 Å². The largest absolute Gasteiger partial charge is 0.353 e. The summed E-state index contributed by atoms with van der Waals surface area (Å²) in [5, 5.41) is 0. The van der Waals surface area contributed by atoms with E-state index < -0.39 is 0 Å². The molecule has 7 heteroatoms. The van der Waals surface area contributed by atoms with Gasteiger partial charge in [-0.2, -0.15) is 0 Å². The lowest BCUT2D eigenvalue weighted by Gasteiger charge is -2.60. The van der Waals surface area contributed by atoms with Crippen LogP contribution in [0, 0.1) is 37.9 Å². The normalized spacial score (nSPS) is 30.0. The molecule has 3 heterocycles. The maximum atomic E-state index is 13.3. The van der Waals surface area contributed by atoms with Crippen LogP contribution in [-0.2, 0) is 15.1 Å². The predicted octanol–water partition coefficient (Wildman–Crippen LogP) is 9.59. The molecule has 46 heavy (non-hydrogen) atoms. The molecule has 264 valence electrons. The number of amides is 1. The molecule has 6 unspecified atom stereocenters. The molecule has 2 N–H and O–H groups in total. The number of aromatic nitrogens is 2. The van der Waals surface area contributed by atoms with Crippen molar-refractivity contribution < 1.29 is 9.53 Å². The van der Waals surface area contributed by atoms with Crippen LogP contribution in [0.2, 0.25) is 0 Å². The van der Waals surface area contributed by atoms with E-state index in [2.05, 4.69) is 153 Å². The molecule has 1 aliphatic carbocycles. The van der Waals surface area contributed by atoms with E-state index in [1.54, 1.807) is 0 Å². The average Bonchev–Trinajstić information content (AvgIpc) is 3.55. The second-order valence-electron chi connectivity index (χ2n) is 19.8. The zero-order chi connectivity index (χ0) is 35.2. The summed E-state index contributed by atoms with van der Waals surface area (Å²) >= 11 is 2.58. The van der Waals surface area contributed by atoms with Crippen LogP contribution in [0.25, 0.3) is 0 Å². The van der Waals surface area contributed by atoms with Crippen LogP contribution in [-0.4, -0.2) is 48.7 Å². The molecule has 3 fully saturated rings. The van der Waals surface area contributed by atoms with E-state index in [0.29, 0.717) is 12.3 Å². The number of carbonyl (C=O) groups excluding carboxylic acids is 1. The fraction of sp³-hybridized carbons (Fsp3) is 0.897. The molecular formula is C39H69IN4O2. The first-order valence-electron chi connectivity index (χ1n) is 18.0. The van der Waals surface area contributed by atoms with Crippen molar-refractivity contribution in [3.05, 3.63) is 18.7 Å². The van der Waals surface area contributed by atoms with Crippen LogP contribution in [0.4, 0.5) is 0 Å². The van der Waals surface area contributed by atoms with Crippen molar-refractivity contribution in [2.45, 2.75) is 176 Å². The lowest BCUT2D eigenvalue weighted by Crippen LogP contribution is -2.58. The Hall–Kier alpha value is -0.670. The molecule has 3 aliphatic rings. The molecule has 2 aliphatic heterocycles. The third-order valence-electron chi connectivity index (χ3n) is 15.5. The first-order valence-corrected chi connectivity index (χ1v) is 19.1. The summed E-state index contributed by atoms with van der Waals surface area (Å²) in [6, 6.07) is 0.159. The zero-order valence-corrected chi connectivity index (χ0v) is 34.4. The lowest BCUT2D eigenvalue weighted by molar-refractivity contribution is -0.139. The van der Waals surface area contributed by atoms with E-state index in [1.165, 1.54) is 0 Å². The van der Waals surface area contributed by atoms with Crippen LogP contribution in [0.3, 0.4) is 0 Å². The molecule has 4 rings (SSSR count). The summed E-state index contributed by atoms with van der Waals surface area (Å²) in [5.41, 5.74) is 6.32. The zero-order valence-electron chi connectivity index (χ0n) is 32.2. The Bertz CT molecular complexity index is 1260. The minimum atomic E-state index is -0.240. The quantitative estimate of drug-likeness (QED) is 0.110. The van der Waals surface area contributed by atoms with Crippen molar-refractivity contribution in [2.24, 2.45) is 43.6 Å². The molecule has 6 nitrogen and oxygen atoms in total. The smallest absolute Gasteiger partial charge is 0.222 e. The second kappa shape index (κ2) is 11.7. The van der Waals surface area contributed by atoms with Crippen LogP contribution in [0.5, 0.6) is 0 Å². The number of ether oxygens (including phenoxy) is 1. The molecule has 1 aromatic rings. The standard InChI is InChI=1S/C39H69IN4O2/c1-16-31(2,3)38(15)25-39(38,43-21-19-42-26-43)24-33(6,7)36(12,13)37(14,29-30(41)46-29)23-32(4,5)35(10,11)27(22-34(8,9)40)44-20-17-18-28(44)45/h19,21,26-27,29-30H,16-18,20,22-25,41H2,1-15H3. The van der Waals surface area contributed by atoms with E-state index in [0.717, 1.165) is 45.1 Å². The average molecular weight is 753 g/mol. The Labute approximate surface area is 296 Å². The number of hydrogen-bond acceptors (Lipinski definition) is 4. The van der Waals surface area contributed by atoms with Crippen molar-refractivity contribution in [2.75, 3.05) is 6.54 Å².